The van der Waals surface area contributed by atoms with Crippen LogP contribution in [0, 0.1) is 11.7 Å². The summed E-state index contributed by atoms with van der Waals surface area (Å²) in [4.78, 5) is 11.9. The molecule has 3 nitrogen and oxygen atoms in total. The van der Waals surface area contributed by atoms with Gasteiger partial charge in [0.1, 0.15) is 5.82 Å². The normalized spacial score (nSPS) is 20.4. The quantitative estimate of drug-likeness (QED) is 0.679. The van der Waals surface area contributed by atoms with Crippen molar-refractivity contribution in [3.8, 4) is 0 Å². The van der Waals surface area contributed by atoms with Crippen molar-refractivity contribution < 1.29 is 9.18 Å². The summed E-state index contributed by atoms with van der Waals surface area (Å²) in [5.41, 5.74) is 4.48. The number of amides is 1. The minimum atomic E-state index is -0.292. The molecule has 3 rings (SSSR count). The van der Waals surface area contributed by atoms with Crippen molar-refractivity contribution in [2.24, 2.45) is 11.0 Å². The molecule has 1 aliphatic rings. The van der Waals surface area contributed by atoms with E-state index in [2.05, 4.69) is 10.5 Å². The van der Waals surface area contributed by atoms with Crippen LogP contribution < -0.4 is 5.43 Å². The minimum Gasteiger partial charge on any atom is -0.273 e. The fourth-order valence-corrected chi connectivity index (χ4v) is 2.36. The third-order valence-corrected chi connectivity index (χ3v) is 3.61. The summed E-state index contributed by atoms with van der Waals surface area (Å²) in [5.74, 6) is -0.0629. The van der Waals surface area contributed by atoms with E-state index in [1.807, 2.05) is 30.3 Å². The number of halogens is 1. The van der Waals surface area contributed by atoms with Gasteiger partial charge in [-0.1, -0.05) is 42.5 Å². The third kappa shape index (κ3) is 3.34. The summed E-state index contributed by atoms with van der Waals surface area (Å²) >= 11 is 0. The van der Waals surface area contributed by atoms with E-state index >= 15 is 0 Å². The molecule has 0 saturated heterocycles. The lowest BCUT2D eigenvalue weighted by Gasteiger charge is -2.00. The van der Waals surface area contributed by atoms with Gasteiger partial charge >= 0.3 is 0 Å². The van der Waals surface area contributed by atoms with Crippen LogP contribution in [-0.4, -0.2) is 12.1 Å². The van der Waals surface area contributed by atoms with Gasteiger partial charge in [0.25, 0.3) is 0 Å². The van der Waals surface area contributed by atoms with Crippen LogP contribution in [0.3, 0.4) is 0 Å². The van der Waals surface area contributed by atoms with E-state index < -0.39 is 0 Å². The zero-order valence-corrected chi connectivity index (χ0v) is 11.4. The highest BCUT2D eigenvalue weighted by molar-refractivity contribution is 5.85. The van der Waals surface area contributed by atoms with Gasteiger partial charge in [-0.25, -0.2) is 9.82 Å². The molecule has 21 heavy (non-hydrogen) atoms. The van der Waals surface area contributed by atoms with Crippen LogP contribution in [0.25, 0.3) is 0 Å². The zero-order chi connectivity index (χ0) is 14.7. The Morgan fingerprint density at radius 1 is 1.14 bits per heavy atom. The number of hydrogen-bond acceptors (Lipinski definition) is 2. The van der Waals surface area contributed by atoms with Gasteiger partial charge < -0.3 is 0 Å². The van der Waals surface area contributed by atoms with Gasteiger partial charge in [-0.05, 0) is 35.6 Å². The van der Waals surface area contributed by atoms with Crippen molar-refractivity contribution in [3.05, 3.63) is 71.5 Å². The van der Waals surface area contributed by atoms with Crippen molar-refractivity contribution >= 4 is 12.1 Å². The standard InChI is InChI=1S/C17H15FN2O/c18-14-8-6-12(7-9-14)11-19-20-17(21)16-10-15(16)13-4-2-1-3-5-13/h1-9,11,15-16H,10H2,(H,20,21)/t15-,16-/m1/s1. The summed E-state index contributed by atoms with van der Waals surface area (Å²) < 4.78 is 12.7. The van der Waals surface area contributed by atoms with E-state index in [-0.39, 0.29) is 17.6 Å². The molecule has 1 aliphatic carbocycles. The highest BCUT2D eigenvalue weighted by Crippen LogP contribution is 2.47. The van der Waals surface area contributed by atoms with Crippen molar-refractivity contribution in [2.45, 2.75) is 12.3 Å². The third-order valence-electron chi connectivity index (χ3n) is 3.61. The molecule has 1 amide bonds. The second-order valence-corrected chi connectivity index (χ2v) is 5.15. The number of benzene rings is 2. The Morgan fingerprint density at radius 3 is 2.57 bits per heavy atom. The largest absolute Gasteiger partial charge is 0.273 e. The van der Waals surface area contributed by atoms with Crippen LogP contribution in [0.5, 0.6) is 0 Å². The highest BCUT2D eigenvalue weighted by atomic mass is 19.1. The van der Waals surface area contributed by atoms with Crippen LogP contribution in [0.2, 0.25) is 0 Å². The number of carbonyl (C=O) groups excluding carboxylic acids is 1. The first-order valence-corrected chi connectivity index (χ1v) is 6.87. The Hall–Kier alpha value is -2.49. The van der Waals surface area contributed by atoms with Crippen LogP contribution in [-0.2, 0) is 4.79 Å². The van der Waals surface area contributed by atoms with Gasteiger partial charge in [-0.15, -0.1) is 0 Å². The summed E-state index contributed by atoms with van der Waals surface area (Å²) in [6, 6.07) is 15.9. The first-order valence-electron chi connectivity index (χ1n) is 6.87. The van der Waals surface area contributed by atoms with Crippen LogP contribution >= 0.6 is 0 Å². The maximum atomic E-state index is 12.7. The van der Waals surface area contributed by atoms with Gasteiger partial charge in [0.15, 0.2) is 0 Å². The molecule has 4 heteroatoms. The molecule has 0 aromatic heterocycles. The number of nitrogens with one attached hydrogen (secondary N) is 1. The Labute approximate surface area is 122 Å². The van der Waals surface area contributed by atoms with Gasteiger partial charge in [0.05, 0.1) is 6.21 Å². The second kappa shape index (κ2) is 5.87. The predicted octanol–water partition coefficient (Wildman–Crippen LogP) is 3.08. The van der Waals surface area contributed by atoms with Crippen LogP contribution in [0.1, 0.15) is 23.5 Å². The molecule has 0 radical (unpaired) electrons. The molecule has 0 aliphatic heterocycles. The molecule has 106 valence electrons. The fourth-order valence-electron chi connectivity index (χ4n) is 2.36. The van der Waals surface area contributed by atoms with E-state index in [4.69, 9.17) is 0 Å². The molecule has 2 aromatic rings. The predicted molar refractivity (Wildman–Crippen MR) is 79.4 cm³/mol. The molecule has 0 unspecified atom stereocenters. The van der Waals surface area contributed by atoms with Crippen LogP contribution in [0.4, 0.5) is 4.39 Å². The Morgan fingerprint density at radius 2 is 1.86 bits per heavy atom. The van der Waals surface area contributed by atoms with Crippen molar-refractivity contribution in [2.75, 3.05) is 0 Å². The summed E-state index contributed by atoms with van der Waals surface area (Å²) in [6.45, 7) is 0. The number of nitrogens with zero attached hydrogens (tertiary/aromatic N) is 1. The first kappa shape index (κ1) is 13.5. The highest BCUT2D eigenvalue weighted by Gasteiger charge is 2.43. The van der Waals surface area contributed by atoms with Crippen molar-refractivity contribution in [1.29, 1.82) is 0 Å². The fraction of sp³-hybridized carbons (Fsp3) is 0.176. The lowest BCUT2D eigenvalue weighted by Crippen LogP contribution is -2.20. The van der Waals surface area contributed by atoms with Crippen molar-refractivity contribution in [3.63, 3.8) is 0 Å². The Balaban J connectivity index is 1.53. The Bertz CT molecular complexity index is 652. The number of carbonyl (C=O) groups is 1. The van der Waals surface area contributed by atoms with Crippen LogP contribution in [0.15, 0.2) is 59.7 Å². The van der Waals surface area contributed by atoms with E-state index in [1.54, 1.807) is 12.1 Å². The average molecular weight is 282 g/mol. The SMILES string of the molecule is O=C(NN=Cc1ccc(F)cc1)[C@@H]1C[C@@H]1c1ccccc1. The van der Waals surface area contributed by atoms with Gasteiger partial charge in [0.2, 0.25) is 5.91 Å². The molecule has 1 fully saturated rings. The number of rotatable bonds is 4. The molecule has 1 saturated carbocycles. The summed E-state index contributed by atoms with van der Waals surface area (Å²) in [5, 5.41) is 3.91. The molecule has 0 heterocycles. The number of hydrazone groups is 1. The lowest BCUT2D eigenvalue weighted by molar-refractivity contribution is -0.122. The monoisotopic (exact) mass is 282 g/mol. The molecule has 2 aromatic carbocycles. The molecular formula is C17H15FN2O. The Kier molecular flexibility index (Phi) is 3.77. The summed E-state index contributed by atoms with van der Waals surface area (Å²) in [7, 11) is 0. The van der Waals surface area contributed by atoms with Crippen molar-refractivity contribution in [1.82, 2.24) is 5.43 Å². The average Bonchev–Trinajstić information content (AvgIpc) is 3.31. The topological polar surface area (TPSA) is 41.5 Å². The maximum absolute atomic E-state index is 12.7. The minimum absolute atomic E-state index is 0.00207. The number of hydrogen-bond donors (Lipinski definition) is 1. The first-order chi connectivity index (χ1) is 10.2. The van der Waals surface area contributed by atoms with Gasteiger partial charge in [0, 0.05) is 5.92 Å². The van der Waals surface area contributed by atoms with Gasteiger partial charge in [-0.3, -0.25) is 4.79 Å². The molecule has 2 atom stereocenters. The molecule has 0 spiro atoms. The zero-order valence-electron chi connectivity index (χ0n) is 11.4. The molecule has 0 bridgehead atoms. The summed E-state index contributed by atoms with van der Waals surface area (Å²) in [6.07, 6.45) is 2.37. The molecular weight excluding hydrogens is 267 g/mol. The second-order valence-electron chi connectivity index (χ2n) is 5.15. The van der Waals surface area contributed by atoms with E-state index in [1.165, 1.54) is 23.9 Å². The van der Waals surface area contributed by atoms with E-state index in [0.717, 1.165) is 12.0 Å². The van der Waals surface area contributed by atoms with E-state index in [9.17, 15) is 9.18 Å². The lowest BCUT2D eigenvalue weighted by atomic mass is 10.1. The maximum Gasteiger partial charge on any atom is 0.243 e. The van der Waals surface area contributed by atoms with Gasteiger partial charge in [-0.2, -0.15) is 5.10 Å². The van der Waals surface area contributed by atoms with E-state index in [0.29, 0.717) is 5.92 Å². The molecule has 1 N–H and O–H groups in total. The smallest absolute Gasteiger partial charge is 0.243 e.